The van der Waals surface area contributed by atoms with E-state index in [2.05, 4.69) is 10.3 Å². The van der Waals surface area contributed by atoms with Gasteiger partial charge in [-0.05, 0) is 39.0 Å². The molecule has 26 heavy (non-hydrogen) atoms. The molecule has 2 aromatic rings. The van der Waals surface area contributed by atoms with Crippen molar-refractivity contribution in [1.29, 1.82) is 0 Å². The Morgan fingerprint density at radius 1 is 1.50 bits per heavy atom. The molecular formula is C18H23N3O4S. The number of amides is 2. The molecule has 2 N–H and O–H groups in total. The van der Waals surface area contributed by atoms with E-state index in [1.165, 1.54) is 11.3 Å². The number of aliphatic hydroxyl groups is 1. The molecule has 0 aliphatic carbocycles. The van der Waals surface area contributed by atoms with Crippen LogP contribution in [0.4, 0.5) is 5.13 Å². The van der Waals surface area contributed by atoms with Crippen LogP contribution in [0.1, 0.15) is 27.2 Å². The molecule has 0 radical (unpaired) electrons. The summed E-state index contributed by atoms with van der Waals surface area (Å²) >= 11 is 1.41. The number of fused-ring (bicyclic) bond motifs is 1. The fourth-order valence-corrected chi connectivity index (χ4v) is 3.83. The van der Waals surface area contributed by atoms with E-state index < -0.39 is 11.5 Å². The summed E-state index contributed by atoms with van der Waals surface area (Å²) < 4.78 is 6.44. The Morgan fingerprint density at radius 3 is 2.96 bits per heavy atom. The van der Waals surface area contributed by atoms with Crippen LogP contribution in [0.15, 0.2) is 18.2 Å². The van der Waals surface area contributed by atoms with Crippen molar-refractivity contribution in [2.75, 3.05) is 24.7 Å². The van der Waals surface area contributed by atoms with E-state index in [9.17, 15) is 14.7 Å². The zero-order valence-corrected chi connectivity index (χ0v) is 15.9. The SMILES string of the molecule is CCOc1ccc2nc(N3CC(C(=O)NC(C)(C)CO)CC3=O)sc2c1. The van der Waals surface area contributed by atoms with E-state index >= 15 is 0 Å². The van der Waals surface area contributed by atoms with Gasteiger partial charge in [0.15, 0.2) is 5.13 Å². The summed E-state index contributed by atoms with van der Waals surface area (Å²) in [4.78, 5) is 30.9. The van der Waals surface area contributed by atoms with Gasteiger partial charge in [-0.3, -0.25) is 14.5 Å². The summed E-state index contributed by atoms with van der Waals surface area (Å²) in [6, 6.07) is 5.64. The first-order chi connectivity index (χ1) is 12.3. The van der Waals surface area contributed by atoms with E-state index in [0.29, 0.717) is 18.3 Å². The second-order valence-corrected chi connectivity index (χ2v) is 8.00. The number of carbonyl (C=O) groups is 2. The van der Waals surface area contributed by atoms with Crippen LogP contribution in [-0.4, -0.2) is 47.2 Å². The number of ether oxygens (including phenoxy) is 1. The van der Waals surface area contributed by atoms with Crippen LogP contribution < -0.4 is 15.0 Å². The monoisotopic (exact) mass is 377 g/mol. The topological polar surface area (TPSA) is 91.8 Å². The van der Waals surface area contributed by atoms with Gasteiger partial charge in [-0.1, -0.05) is 11.3 Å². The Hall–Kier alpha value is -2.19. The van der Waals surface area contributed by atoms with Gasteiger partial charge in [-0.15, -0.1) is 0 Å². The van der Waals surface area contributed by atoms with Crippen molar-refractivity contribution in [2.45, 2.75) is 32.7 Å². The van der Waals surface area contributed by atoms with Gasteiger partial charge in [0.1, 0.15) is 5.75 Å². The van der Waals surface area contributed by atoms with Gasteiger partial charge in [0.05, 0.1) is 34.9 Å². The van der Waals surface area contributed by atoms with Gasteiger partial charge in [0.2, 0.25) is 11.8 Å². The van der Waals surface area contributed by atoms with Crippen LogP contribution in [0.2, 0.25) is 0 Å². The summed E-state index contributed by atoms with van der Waals surface area (Å²) in [5.74, 6) is -0.0125. The highest BCUT2D eigenvalue weighted by Crippen LogP contribution is 2.34. The quantitative estimate of drug-likeness (QED) is 0.803. The number of aliphatic hydroxyl groups excluding tert-OH is 1. The van der Waals surface area contributed by atoms with Crippen LogP contribution in [0, 0.1) is 5.92 Å². The van der Waals surface area contributed by atoms with Gasteiger partial charge in [0.25, 0.3) is 0 Å². The van der Waals surface area contributed by atoms with Crippen LogP contribution in [0.5, 0.6) is 5.75 Å². The zero-order valence-electron chi connectivity index (χ0n) is 15.1. The Bertz CT molecular complexity index is 833. The Morgan fingerprint density at radius 2 is 2.27 bits per heavy atom. The molecule has 140 valence electrons. The van der Waals surface area contributed by atoms with E-state index in [1.807, 2.05) is 25.1 Å². The van der Waals surface area contributed by atoms with Crippen molar-refractivity contribution in [1.82, 2.24) is 10.3 Å². The van der Waals surface area contributed by atoms with E-state index in [1.54, 1.807) is 18.7 Å². The number of carbonyl (C=O) groups excluding carboxylic acids is 2. The van der Waals surface area contributed by atoms with Crippen molar-refractivity contribution in [3.05, 3.63) is 18.2 Å². The predicted octanol–water partition coefficient (Wildman–Crippen LogP) is 1.93. The maximum atomic E-state index is 12.4. The first-order valence-corrected chi connectivity index (χ1v) is 9.41. The minimum Gasteiger partial charge on any atom is -0.494 e. The Balaban J connectivity index is 1.76. The van der Waals surface area contributed by atoms with Gasteiger partial charge >= 0.3 is 0 Å². The fraction of sp³-hybridized carbons (Fsp3) is 0.500. The molecule has 1 aliphatic rings. The highest BCUT2D eigenvalue weighted by atomic mass is 32.1. The number of benzene rings is 1. The minimum absolute atomic E-state index is 0.115. The average Bonchev–Trinajstić information content (AvgIpc) is 3.17. The Labute approximate surface area is 156 Å². The predicted molar refractivity (Wildman–Crippen MR) is 101 cm³/mol. The summed E-state index contributed by atoms with van der Waals surface area (Å²) in [6.45, 7) is 6.12. The number of aromatic nitrogens is 1. The van der Waals surface area contributed by atoms with Crippen molar-refractivity contribution in [3.63, 3.8) is 0 Å². The molecule has 1 aromatic heterocycles. The fourth-order valence-electron chi connectivity index (χ4n) is 2.81. The molecule has 1 unspecified atom stereocenters. The van der Waals surface area contributed by atoms with Crippen molar-refractivity contribution in [2.24, 2.45) is 5.92 Å². The normalized spacial score (nSPS) is 17.8. The van der Waals surface area contributed by atoms with Crippen LogP contribution in [0.3, 0.4) is 0 Å². The summed E-state index contributed by atoms with van der Waals surface area (Å²) in [6.07, 6.45) is 0.146. The third-order valence-electron chi connectivity index (χ3n) is 4.24. The standard InChI is InChI=1S/C18H23N3O4S/c1-4-25-12-5-6-13-14(8-12)26-17(19-13)21-9-11(7-15(21)23)16(24)20-18(2,3)10-22/h5-6,8,11,22H,4,7,9-10H2,1-3H3,(H,20,24). The third-order valence-corrected chi connectivity index (χ3v) is 5.28. The van der Waals surface area contributed by atoms with E-state index in [0.717, 1.165) is 16.0 Å². The second-order valence-electron chi connectivity index (χ2n) is 7.00. The minimum atomic E-state index is -0.709. The van der Waals surface area contributed by atoms with Gasteiger partial charge in [-0.2, -0.15) is 0 Å². The van der Waals surface area contributed by atoms with Gasteiger partial charge < -0.3 is 15.2 Å². The highest BCUT2D eigenvalue weighted by molar-refractivity contribution is 7.22. The lowest BCUT2D eigenvalue weighted by molar-refractivity contribution is -0.128. The van der Waals surface area contributed by atoms with Gasteiger partial charge in [-0.25, -0.2) is 4.98 Å². The number of hydrogen-bond donors (Lipinski definition) is 2. The maximum Gasteiger partial charge on any atom is 0.229 e. The molecule has 2 heterocycles. The lowest BCUT2D eigenvalue weighted by Crippen LogP contribution is -2.49. The zero-order chi connectivity index (χ0) is 18.9. The van der Waals surface area contributed by atoms with Crippen molar-refractivity contribution in [3.8, 4) is 5.75 Å². The van der Waals surface area contributed by atoms with Crippen molar-refractivity contribution >= 4 is 38.5 Å². The number of nitrogens with zero attached hydrogens (tertiary/aromatic N) is 2. The number of nitrogens with one attached hydrogen (secondary N) is 1. The largest absolute Gasteiger partial charge is 0.494 e. The molecular weight excluding hydrogens is 354 g/mol. The van der Waals surface area contributed by atoms with Gasteiger partial charge in [0, 0.05) is 13.0 Å². The average molecular weight is 377 g/mol. The molecule has 8 heteroatoms. The number of hydrogen-bond acceptors (Lipinski definition) is 6. The molecule has 3 rings (SSSR count). The van der Waals surface area contributed by atoms with E-state index in [-0.39, 0.29) is 24.8 Å². The van der Waals surface area contributed by atoms with Crippen LogP contribution in [-0.2, 0) is 9.59 Å². The molecule has 1 aromatic carbocycles. The smallest absolute Gasteiger partial charge is 0.229 e. The molecule has 1 atom stereocenters. The molecule has 0 saturated carbocycles. The summed E-state index contributed by atoms with van der Waals surface area (Å²) in [5.41, 5.74) is 0.0922. The molecule has 1 aliphatic heterocycles. The number of anilines is 1. The third kappa shape index (κ3) is 3.81. The maximum absolute atomic E-state index is 12.4. The second kappa shape index (κ2) is 7.20. The first kappa shape index (κ1) is 18.6. The Kier molecular flexibility index (Phi) is 5.15. The van der Waals surface area contributed by atoms with E-state index in [4.69, 9.17) is 4.74 Å². The van der Waals surface area contributed by atoms with Crippen LogP contribution >= 0.6 is 11.3 Å². The van der Waals surface area contributed by atoms with Crippen molar-refractivity contribution < 1.29 is 19.4 Å². The first-order valence-electron chi connectivity index (χ1n) is 8.59. The molecule has 1 fully saturated rings. The lowest BCUT2D eigenvalue weighted by atomic mass is 10.0. The summed E-state index contributed by atoms with van der Waals surface area (Å²) in [7, 11) is 0. The summed E-state index contributed by atoms with van der Waals surface area (Å²) in [5, 5.41) is 12.7. The number of thiazole rings is 1. The van der Waals surface area contributed by atoms with Crippen LogP contribution in [0.25, 0.3) is 10.2 Å². The molecule has 2 amide bonds. The molecule has 0 spiro atoms. The highest BCUT2D eigenvalue weighted by Gasteiger charge is 2.38. The number of rotatable bonds is 6. The molecule has 1 saturated heterocycles. The lowest BCUT2D eigenvalue weighted by Gasteiger charge is -2.25. The molecule has 7 nitrogen and oxygen atoms in total. The molecule has 0 bridgehead atoms.